The van der Waals surface area contributed by atoms with E-state index in [0.29, 0.717) is 12.3 Å². The van der Waals surface area contributed by atoms with Crippen LogP contribution in [0.2, 0.25) is 0 Å². The Kier molecular flexibility index (Phi) is 5.50. The van der Waals surface area contributed by atoms with Gasteiger partial charge in [-0.3, -0.25) is 14.2 Å². The molecule has 1 aromatic heterocycles. The minimum atomic E-state index is -0.320. The lowest BCUT2D eigenvalue weighted by atomic mass is 10.3. The number of rotatable bonds is 6. The molecule has 0 aromatic carbocycles. The number of amides is 1. The third kappa shape index (κ3) is 4.36. The topological polar surface area (TPSA) is 82.4 Å². The Labute approximate surface area is 111 Å². The van der Waals surface area contributed by atoms with Gasteiger partial charge in [-0.1, -0.05) is 0 Å². The van der Waals surface area contributed by atoms with Crippen LogP contribution < -0.4 is 15.6 Å². The second-order valence-corrected chi connectivity index (χ2v) is 4.23. The van der Waals surface area contributed by atoms with Crippen LogP contribution in [0.15, 0.2) is 10.9 Å². The number of nitrogens with one attached hydrogen (secondary N) is 1. The number of carbonyl (C=O) groups is 1. The minimum Gasteiger partial charge on any atom is -0.468 e. The standard InChI is InChI=1S/C12H19N3O4/c1-8-5-11(17)15(12(14-8)19-4)6-10(16)13-9(2)7-18-3/h5,9H,6-7H2,1-4H3,(H,13,16). The average Bonchev–Trinajstić information content (AvgIpc) is 2.32. The Bertz CT molecular complexity index is 498. The van der Waals surface area contributed by atoms with E-state index in [4.69, 9.17) is 9.47 Å². The molecule has 7 nitrogen and oxygen atoms in total. The molecule has 0 aliphatic carbocycles. The molecule has 0 aliphatic rings. The van der Waals surface area contributed by atoms with Crippen molar-refractivity contribution >= 4 is 5.91 Å². The lowest BCUT2D eigenvalue weighted by Gasteiger charge is -2.14. The van der Waals surface area contributed by atoms with Gasteiger partial charge in [0.1, 0.15) is 6.54 Å². The van der Waals surface area contributed by atoms with Crippen molar-refractivity contribution in [2.75, 3.05) is 20.8 Å². The zero-order valence-electron chi connectivity index (χ0n) is 11.6. The van der Waals surface area contributed by atoms with Crippen LogP contribution >= 0.6 is 0 Å². The van der Waals surface area contributed by atoms with E-state index in [-0.39, 0.29) is 30.1 Å². The average molecular weight is 269 g/mol. The number of nitrogens with zero attached hydrogens (tertiary/aromatic N) is 2. The van der Waals surface area contributed by atoms with E-state index in [1.165, 1.54) is 17.7 Å². The fourth-order valence-electron chi connectivity index (χ4n) is 1.65. The summed E-state index contributed by atoms with van der Waals surface area (Å²) in [7, 11) is 2.96. The van der Waals surface area contributed by atoms with E-state index in [1.807, 2.05) is 6.92 Å². The first-order chi connectivity index (χ1) is 8.97. The molecule has 1 atom stereocenters. The van der Waals surface area contributed by atoms with Gasteiger partial charge in [-0.05, 0) is 13.8 Å². The molecule has 1 rings (SSSR count). The van der Waals surface area contributed by atoms with E-state index in [1.54, 1.807) is 14.0 Å². The summed E-state index contributed by atoms with van der Waals surface area (Å²) in [4.78, 5) is 27.7. The van der Waals surface area contributed by atoms with Gasteiger partial charge in [0.15, 0.2) is 0 Å². The molecule has 0 fully saturated rings. The summed E-state index contributed by atoms with van der Waals surface area (Å²) in [5.41, 5.74) is 0.227. The number of carbonyl (C=O) groups excluding carboxylic acids is 1. The number of aryl methyl sites for hydroxylation is 1. The van der Waals surface area contributed by atoms with Gasteiger partial charge in [-0.25, -0.2) is 4.98 Å². The minimum absolute atomic E-state index is 0.125. The number of ether oxygens (including phenoxy) is 2. The SMILES string of the molecule is COCC(C)NC(=O)Cn1c(OC)nc(C)cc1=O. The van der Waals surface area contributed by atoms with Gasteiger partial charge in [-0.15, -0.1) is 0 Å². The van der Waals surface area contributed by atoms with Crippen LogP contribution in [0.4, 0.5) is 0 Å². The monoisotopic (exact) mass is 269 g/mol. The third-order valence-corrected chi connectivity index (χ3v) is 2.41. The molecule has 0 aliphatic heterocycles. The maximum Gasteiger partial charge on any atom is 0.299 e. The van der Waals surface area contributed by atoms with Gasteiger partial charge in [0.2, 0.25) is 5.91 Å². The summed E-state index contributed by atoms with van der Waals surface area (Å²) in [5, 5.41) is 2.72. The summed E-state index contributed by atoms with van der Waals surface area (Å²) in [5.74, 6) is -0.296. The molecule has 1 aromatic rings. The van der Waals surface area contributed by atoms with Crippen LogP contribution in [0.3, 0.4) is 0 Å². The smallest absolute Gasteiger partial charge is 0.299 e. The van der Waals surface area contributed by atoms with Gasteiger partial charge in [0.25, 0.3) is 11.6 Å². The molecule has 1 heterocycles. The molecular formula is C12H19N3O4. The molecule has 0 spiro atoms. The van der Waals surface area contributed by atoms with Crippen LogP contribution in [-0.2, 0) is 16.1 Å². The quantitative estimate of drug-likeness (QED) is 0.767. The van der Waals surface area contributed by atoms with E-state index >= 15 is 0 Å². The fourth-order valence-corrected chi connectivity index (χ4v) is 1.65. The molecule has 0 radical (unpaired) electrons. The molecule has 0 bridgehead atoms. The normalized spacial score (nSPS) is 12.0. The van der Waals surface area contributed by atoms with Gasteiger partial charge < -0.3 is 14.8 Å². The van der Waals surface area contributed by atoms with Crippen molar-refractivity contribution in [2.45, 2.75) is 26.4 Å². The summed E-state index contributed by atoms with van der Waals surface area (Å²) in [6.07, 6.45) is 0. The van der Waals surface area contributed by atoms with Crippen molar-refractivity contribution in [1.29, 1.82) is 0 Å². The summed E-state index contributed by atoms with van der Waals surface area (Å²) < 4.78 is 11.1. The fraction of sp³-hybridized carbons (Fsp3) is 0.583. The van der Waals surface area contributed by atoms with Gasteiger partial charge in [-0.2, -0.15) is 0 Å². The molecule has 7 heteroatoms. The lowest BCUT2D eigenvalue weighted by Crippen LogP contribution is -2.39. The summed E-state index contributed by atoms with van der Waals surface area (Å²) in [6.45, 7) is 3.77. The van der Waals surface area contributed by atoms with E-state index in [2.05, 4.69) is 10.3 Å². The molecule has 19 heavy (non-hydrogen) atoms. The first-order valence-electron chi connectivity index (χ1n) is 5.88. The van der Waals surface area contributed by atoms with Crippen LogP contribution in [0.1, 0.15) is 12.6 Å². The van der Waals surface area contributed by atoms with Crippen LogP contribution in [-0.4, -0.2) is 42.3 Å². The molecule has 0 saturated carbocycles. The Balaban J connectivity index is 2.82. The van der Waals surface area contributed by atoms with Crippen molar-refractivity contribution in [3.63, 3.8) is 0 Å². The highest BCUT2D eigenvalue weighted by atomic mass is 16.5. The first kappa shape index (κ1) is 15.2. The van der Waals surface area contributed by atoms with Crippen molar-refractivity contribution < 1.29 is 14.3 Å². The van der Waals surface area contributed by atoms with Gasteiger partial charge >= 0.3 is 0 Å². The highest BCUT2D eigenvalue weighted by Gasteiger charge is 2.13. The molecule has 1 N–H and O–H groups in total. The molecule has 1 amide bonds. The molecule has 0 saturated heterocycles. The third-order valence-electron chi connectivity index (χ3n) is 2.41. The van der Waals surface area contributed by atoms with Crippen molar-refractivity contribution in [3.8, 4) is 6.01 Å². The number of hydrogen-bond acceptors (Lipinski definition) is 5. The molecule has 106 valence electrons. The Hall–Kier alpha value is -1.89. The van der Waals surface area contributed by atoms with E-state index in [9.17, 15) is 9.59 Å². The van der Waals surface area contributed by atoms with Crippen molar-refractivity contribution in [1.82, 2.24) is 14.9 Å². The predicted octanol–water partition coefficient (Wildman–Crippen LogP) is -0.289. The van der Waals surface area contributed by atoms with Crippen LogP contribution in [0.5, 0.6) is 6.01 Å². The van der Waals surface area contributed by atoms with Crippen molar-refractivity contribution in [3.05, 3.63) is 22.1 Å². The Morgan fingerprint density at radius 1 is 1.53 bits per heavy atom. The second-order valence-electron chi connectivity index (χ2n) is 4.23. The highest BCUT2D eigenvalue weighted by Crippen LogP contribution is 2.03. The Morgan fingerprint density at radius 2 is 2.21 bits per heavy atom. The lowest BCUT2D eigenvalue weighted by molar-refractivity contribution is -0.122. The van der Waals surface area contributed by atoms with Crippen LogP contribution in [0.25, 0.3) is 0 Å². The first-order valence-corrected chi connectivity index (χ1v) is 5.88. The molecule has 1 unspecified atom stereocenters. The number of hydrogen-bond donors (Lipinski definition) is 1. The van der Waals surface area contributed by atoms with Crippen molar-refractivity contribution in [2.24, 2.45) is 0 Å². The van der Waals surface area contributed by atoms with E-state index < -0.39 is 0 Å². The second kappa shape index (κ2) is 6.89. The maximum atomic E-state index is 11.8. The summed E-state index contributed by atoms with van der Waals surface area (Å²) in [6, 6.07) is 1.35. The van der Waals surface area contributed by atoms with E-state index in [0.717, 1.165) is 0 Å². The Morgan fingerprint density at radius 3 is 2.79 bits per heavy atom. The van der Waals surface area contributed by atoms with Gasteiger partial charge in [0, 0.05) is 24.9 Å². The number of methoxy groups -OCH3 is 2. The highest BCUT2D eigenvalue weighted by molar-refractivity contribution is 5.76. The maximum absolute atomic E-state index is 11.8. The predicted molar refractivity (Wildman–Crippen MR) is 69.3 cm³/mol. The zero-order valence-corrected chi connectivity index (χ0v) is 11.6. The molecular weight excluding hydrogens is 250 g/mol. The summed E-state index contributed by atoms with van der Waals surface area (Å²) >= 11 is 0. The van der Waals surface area contributed by atoms with Gasteiger partial charge in [0.05, 0.1) is 13.7 Å². The van der Waals surface area contributed by atoms with Crippen LogP contribution in [0, 0.1) is 6.92 Å². The number of aromatic nitrogens is 2. The zero-order chi connectivity index (χ0) is 14.4. The largest absolute Gasteiger partial charge is 0.468 e.